The first-order valence-corrected chi connectivity index (χ1v) is 8.05. The van der Waals surface area contributed by atoms with Gasteiger partial charge in [-0.3, -0.25) is 4.90 Å². The van der Waals surface area contributed by atoms with Crippen LogP contribution in [0, 0.1) is 5.92 Å². The van der Waals surface area contributed by atoms with Crippen molar-refractivity contribution in [2.45, 2.75) is 39.3 Å². The van der Waals surface area contributed by atoms with Gasteiger partial charge in [-0.05, 0) is 58.3 Å². The monoisotopic (exact) mass is 310 g/mol. The summed E-state index contributed by atoms with van der Waals surface area (Å²) >= 11 is 6.32. The number of nitrogens with zero attached hydrogens (tertiary/aromatic N) is 1. The van der Waals surface area contributed by atoms with Gasteiger partial charge in [0.2, 0.25) is 0 Å². The van der Waals surface area contributed by atoms with E-state index < -0.39 is 0 Å². The quantitative estimate of drug-likeness (QED) is 0.900. The number of nitrogens with one attached hydrogen (secondary N) is 1. The second kappa shape index (κ2) is 6.99. The minimum atomic E-state index is 0.194. The van der Waals surface area contributed by atoms with Crippen molar-refractivity contribution in [3.8, 4) is 5.75 Å². The third-order valence-corrected chi connectivity index (χ3v) is 4.32. The summed E-state index contributed by atoms with van der Waals surface area (Å²) in [5, 5.41) is 4.40. The van der Waals surface area contributed by atoms with Crippen molar-refractivity contribution in [2.75, 3.05) is 26.7 Å². The highest BCUT2D eigenvalue weighted by Crippen LogP contribution is 2.29. The molecular formula is C17H27ClN2O. The summed E-state index contributed by atoms with van der Waals surface area (Å²) in [4.78, 5) is 2.47. The summed E-state index contributed by atoms with van der Waals surface area (Å²) < 4.78 is 5.43. The Morgan fingerprint density at radius 1 is 1.38 bits per heavy atom. The molecule has 1 saturated heterocycles. The van der Waals surface area contributed by atoms with Crippen LogP contribution in [0.3, 0.4) is 0 Å². The van der Waals surface area contributed by atoms with Gasteiger partial charge in [0, 0.05) is 29.2 Å². The Morgan fingerprint density at radius 3 is 2.81 bits per heavy atom. The number of rotatable bonds is 5. The van der Waals surface area contributed by atoms with Crippen LogP contribution in [-0.4, -0.2) is 37.2 Å². The van der Waals surface area contributed by atoms with Crippen LogP contribution in [0.5, 0.6) is 5.75 Å². The SMILES string of the molecule is COc1cccc(Cl)c1CN1CCC(CNC(C)(C)C)C1. The lowest BCUT2D eigenvalue weighted by atomic mass is 10.1. The molecule has 0 aromatic heterocycles. The Balaban J connectivity index is 1.91. The van der Waals surface area contributed by atoms with Crippen LogP contribution in [0.4, 0.5) is 0 Å². The summed E-state index contributed by atoms with van der Waals surface area (Å²) in [7, 11) is 1.70. The minimum Gasteiger partial charge on any atom is -0.496 e. The van der Waals surface area contributed by atoms with Crippen LogP contribution in [-0.2, 0) is 6.54 Å². The molecule has 3 nitrogen and oxygen atoms in total. The fourth-order valence-corrected chi connectivity index (χ4v) is 3.01. The molecule has 118 valence electrons. The minimum absolute atomic E-state index is 0.194. The maximum Gasteiger partial charge on any atom is 0.124 e. The van der Waals surface area contributed by atoms with Crippen LogP contribution in [0.15, 0.2) is 18.2 Å². The highest BCUT2D eigenvalue weighted by atomic mass is 35.5. The Hall–Kier alpha value is -0.770. The highest BCUT2D eigenvalue weighted by Gasteiger charge is 2.25. The van der Waals surface area contributed by atoms with E-state index in [2.05, 4.69) is 31.0 Å². The predicted molar refractivity (Wildman–Crippen MR) is 89.1 cm³/mol. The first-order chi connectivity index (χ1) is 9.89. The third-order valence-electron chi connectivity index (χ3n) is 3.97. The van der Waals surface area contributed by atoms with Crippen molar-refractivity contribution >= 4 is 11.6 Å². The molecule has 0 radical (unpaired) electrons. The van der Waals surface area contributed by atoms with Gasteiger partial charge in [0.1, 0.15) is 5.75 Å². The summed E-state index contributed by atoms with van der Waals surface area (Å²) in [5.41, 5.74) is 1.30. The van der Waals surface area contributed by atoms with E-state index in [1.165, 1.54) is 6.42 Å². The first kappa shape index (κ1) is 16.6. The van der Waals surface area contributed by atoms with Gasteiger partial charge >= 0.3 is 0 Å². The van der Waals surface area contributed by atoms with Crippen molar-refractivity contribution < 1.29 is 4.74 Å². The maximum absolute atomic E-state index is 6.32. The summed E-state index contributed by atoms with van der Waals surface area (Å²) in [6.45, 7) is 10.9. The molecule has 0 saturated carbocycles. The predicted octanol–water partition coefficient (Wildman–Crippen LogP) is 3.56. The molecule has 0 aliphatic carbocycles. The summed E-state index contributed by atoms with van der Waals surface area (Å²) in [6, 6.07) is 5.86. The van der Waals surface area contributed by atoms with Gasteiger partial charge in [-0.15, -0.1) is 0 Å². The molecule has 1 aliphatic rings. The van der Waals surface area contributed by atoms with E-state index in [1.54, 1.807) is 7.11 Å². The zero-order chi connectivity index (χ0) is 15.5. The number of ether oxygens (including phenoxy) is 1. The number of hydrogen-bond donors (Lipinski definition) is 1. The second-order valence-corrected chi connectivity index (χ2v) is 7.35. The van der Waals surface area contributed by atoms with E-state index in [-0.39, 0.29) is 5.54 Å². The number of likely N-dealkylation sites (tertiary alicyclic amines) is 1. The number of hydrogen-bond acceptors (Lipinski definition) is 3. The van der Waals surface area contributed by atoms with Crippen molar-refractivity contribution in [2.24, 2.45) is 5.92 Å². The zero-order valence-corrected chi connectivity index (χ0v) is 14.3. The Kier molecular flexibility index (Phi) is 5.53. The molecule has 1 N–H and O–H groups in total. The van der Waals surface area contributed by atoms with Gasteiger partial charge < -0.3 is 10.1 Å². The van der Waals surface area contributed by atoms with Crippen LogP contribution in [0.2, 0.25) is 5.02 Å². The van der Waals surface area contributed by atoms with Crippen LogP contribution in [0.1, 0.15) is 32.8 Å². The smallest absolute Gasteiger partial charge is 0.124 e. The topological polar surface area (TPSA) is 24.5 Å². The second-order valence-electron chi connectivity index (χ2n) is 6.94. The molecule has 21 heavy (non-hydrogen) atoms. The average molecular weight is 311 g/mol. The summed E-state index contributed by atoms with van der Waals surface area (Å²) in [6.07, 6.45) is 1.25. The van der Waals surface area contributed by atoms with Gasteiger partial charge in [-0.1, -0.05) is 17.7 Å². The number of benzene rings is 1. The number of methoxy groups -OCH3 is 1. The van der Waals surface area contributed by atoms with E-state index in [0.717, 1.165) is 48.4 Å². The van der Waals surface area contributed by atoms with Crippen molar-refractivity contribution in [1.29, 1.82) is 0 Å². The van der Waals surface area contributed by atoms with Gasteiger partial charge in [0.05, 0.1) is 7.11 Å². The molecule has 1 heterocycles. The van der Waals surface area contributed by atoms with E-state index in [0.29, 0.717) is 0 Å². The molecule has 0 bridgehead atoms. The van der Waals surface area contributed by atoms with E-state index in [1.807, 2.05) is 18.2 Å². The van der Waals surface area contributed by atoms with Crippen LogP contribution >= 0.6 is 11.6 Å². The molecule has 1 aromatic rings. The van der Waals surface area contributed by atoms with Crippen molar-refractivity contribution in [3.63, 3.8) is 0 Å². The lowest BCUT2D eigenvalue weighted by Crippen LogP contribution is -2.39. The lowest BCUT2D eigenvalue weighted by molar-refractivity contribution is 0.299. The first-order valence-electron chi connectivity index (χ1n) is 7.68. The Morgan fingerprint density at radius 2 is 2.14 bits per heavy atom. The summed E-state index contributed by atoms with van der Waals surface area (Å²) in [5.74, 6) is 1.61. The van der Waals surface area contributed by atoms with Crippen molar-refractivity contribution in [3.05, 3.63) is 28.8 Å². The lowest BCUT2D eigenvalue weighted by Gasteiger charge is -2.23. The van der Waals surface area contributed by atoms with E-state index in [4.69, 9.17) is 16.3 Å². The molecule has 1 unspecified atom stereocenters. The molecular weight excluding hydrogens is 284 g/mol. The normalized spacial score (nSPS) is 20.0. The Labute approximate surface area is 133 Å². The zero-order valence-electron chi connectivity index (χ0n) is 13.6. The highest BCUT2D eigenvalue weighted by molar-refractivity contribution is 6.31. The fourth-order valence-electron chi connectivity index (χ4n) is 2.78. The average Bonchev–Trinajstić information content (AvgIpc) is 2.86. The molecule has 1 atom stereocenters. The molecule has 2 rings (SSSR count). The van der Waals surface area contributed by atoms with E-state index in [9.17, 15) is 0 Å². The molecule has 1 aliphatic heterocycles. The Bertz CT molecular complexity index is 470. The largest absolute Gasteiger partial charge is 0.496 e. The maximum atomic E-state index is 6.32. The molecule has 0 spiro atoms. The van der Waals surface area contributed by atoms with Gasteiger partial charge in [0.15, 0.2) is 0 Å². The standard InChI is InChI=1S/C17H27ClN2O/c1-17(2,3)19-10-13-8-9-20(11-13)12-14-15(18)6-5-7-16(14)21-4/h5-7,13,19H,8-12H2,1-4H3. The van der Waals surface area contributed by atoms with Crippen molar-refractivity contribution in [1.82, 2.24) is 10.2 Å². The molecule has 1 fully saturated rings. The molecule has 4 heteroatoms. The van der Waals surface area contributed by atoms with Crippen LogP contribution in [0.25, 0.3) is 0 Å². The van der Waals surface area contributed by atoms with Gasteiger partial charge in [-0.2, -0.15) is 0 Å². The van der Waals surface area contributed by atoms with Crippen LogP contribution < -0.4 is 10.1 Å². The third kappa shape index (κ3) is 4.87. The van der Waals surface area contributed by atoms with E-state index >= 15 is 0 Å². The number of halogens is 1. The van der Waals surface area contributed by atoms with Gasteiger partial charge in [0.25, 0.3) is 0 Å². The molecule has 1 aromatic carbocycles. The van der Waals surface area contributed by atoms with Gasteiger partial charge in [-0.25, -0.2) is 0 Å². The molecule has 0 amide bonds. The fraction of sp³-hybridized carbons (Fsp3) is 0.647.